The van der Waals surface area contributed by atoms with Crippen molar-refractivity contribution in [1.29, 1.82) is 0 Å². The number of nitrogens with zero attached hydrogens (tertiary/aromatic N) is 3. The van der Waals surface area contributed by atoms with Crippen molar-refractivity contribution in [3.63, 3.8) is 0 Å². The molecule has 0 aliphatic carbocycles. The highest BCUT2D eigenvalue weighted by Gasteiger charge is 2.21. The largest absolute Gasteiger partial charge is 0.284 e. The van der Waals surface area contributed by atoms with E-state index in [0.717, 1.165) is 15.2 Å². The molecule has 2 aromatic carbocycles. The molecule has 7 heteroatoms. The van der Waals surface area contributed by atoms with E-state index in [1.54, 1.807) is 36.4 Å². The van der Waals surface area contributed by atoms with Crippen LogP contribution in [0.3, 0.4) is 0 Å². The lowest BCUT2D eigenvalue weighted by Gasteiger charge is -2.07. The van der Waals surface area contributed by atoms with E-state index in [1.165, 1.54) is 0 Å². The first kappa shape index (κ1) is 14.0. The van der Waals surface area contributed by atoms with Gasteiger partial charge in [0.25, 0.3) is 10.0 Å². The van der Waals surface area contributed by atoms with Crippen LogP contribution in [0.15, 0.2) is 41.3 Å². The van der Waals surface area contributed by atoms with Crippen LogP contribution in [-0.2, 0) is 10.0 Å². The van der Waals surface area contributed by atoms with Crippen LogP contribution in [0, 0.1) is 13.8 Å². The van der Waals surface area contributed by atoms with E-state index in [1.807, 2.05) is 13.8 Å². The highest BCUT2D eigenvalue weighted by Crippen LogP contribution is 2.22. The molecule has 0 N–H and O–H groups in total. The maximum absolute atomic E-state index is 12.7. The Morgan fingerprint density at radius 2 is 1.81 bits per heavy atom. The summed E-state index contributed by atoms with van der Waals surface area (Å²) < 4.78 is 26.3. The second kappa shape index (κ2) is 4.82. The molecule has 0 aliphatic rings. The second-order valence-electron chi connectivity index (χ2n) is 4.82. The zero-order valence-corrected chi connectivity index (χ0v) is 13.0. The zero-order chi connectivity index (χ0) is 15.2. The van der Waals surface area contributed by atoms with Crippen LogP contribution < -0.4 is 0 Å². The lowest BCUT2D eigenvalue weighted by molar-refractivity contribution is 0.579. The molecule has 0 bridgehead atoms. The van der Waals surface area contributed by atoms with Gasteiger partial charge in [-0.3, -0.25) is 0 Å². The number of rotatable bonds is 2. The fourth-order valence-electron chi connectivity index (χ4n) is 2.03. The van der Waals surface area contributed by atoms with Crippen molar-refractivity contribution in [3.05, 3.63) is 52.5 Å². The van der Waals surface area contributed by atoms with E-state index in [9.17, 15) is 8.42 Å². The monoisotopic (exact) mass is 321 g/mol. The Balaban J connectivity index is 2.22. The van der Waals surface area contributed by atoms with Gasteiger partial charge in [0.2, 0.25) is 0 Å². The normalized spacial score (nSPS) is 12.0. The molecular weight excluding hydrogens is 310 g/mol. The number of hydrogen-bond acceptors (Lipinski definition) is 4. The van der Waals surface area contributed by atoms with Crippen molar-refractivity contribution < 1.29 is 8.42 Å². The minimum Gasteiger partial charge on any atom is -0.199 e. The summed E-state index contributed by atoms with van der Waals surface area (Å²) in [5.41, 5.74) is 2.78. The maximum Gasteiger partial charge on any atom is 0.284 e. The first-order valence-electron chi connectivity index (χ1n) is 6.23. The molecule has 0 unspecified atom stereocenters. The smallest absolute Gasteiger partial charge is 0.199 e. The predicted molar refractivity (Wildman–Crippen MR) is 81.0 cm³/mol. The maximum atomic E-state index is 12.7. The van der Waals surface area contributed by atoms with Crippen molar-refractivity contribution in [2.24, 2.45) is 0 Å². The molecule has 3 rings (SSSR count). The summed E-state index contributed by atoms with van der Waals surface area (Å²) in [6.07, 6.45) is 0. The third-order valence-corrected chi connectivity index (χ3v) is 5.19. The van der Waals surface area contributed by atoms with E-state index in [2.05, 4.69) is 10.3 Å². The summed E-state index contributed by atoms with van der Waals surface area (Å²) in [4.78, 5) is 0.187. The van der Waals surface area contributed by atoms with Crippen LogP contribution >= 0.6 is 11.6 Å². The third kappa shape index (κ3) is 2.30. The van der Waals surface area contributed by atoms with Gasteiger partial charge in [-0.25, -0.2) is 0 Å². The van der Waals surface area contributed by atoms with E-state index in [0.29, 0.717) is 16.1 Å². The molecule has 0 aliphatic heterocycles. The average Bonchev–Trinajstić information content (AvgIpc) is 2.85. The van der Waals surface area contributed by atoms with Gasteiger partial charge in [0, 0.05) is 5.02 Å². The van der Waals surface area contributed by atoms with Gasteiger partial charge >= 0.3 is 0 Å². The number of benzene rings is 2. The Kier molecular flexibility index (Phi) is 3.22. The number of aryl methyl sites for hydroxylation is 2. The Labute approximate surface area is 127 Å². The van der Waals surface area contributed by atoms with Gasteiger partial charge in [-0.1, -0.05) is 22.9 Å². The van der Waals surface area contributed by atoms with Gasteiger partial charge < -0.3 is 0 Å². The van der Waals surface area contributed by atoms with Crippen LogP contribution in [0.5, 0.6) is 0 Å². The number of hydrogen-bond donors (Lipinski definition) is 0. The molecule has 0 saturated carbocycles. The molecule has 1 heterocycles. The molecular formula is C14H12ClN3O2S. The van der Waals surface area contributed by atoms with Gasteiger partial charge in [0.15, 0.2) is 0 Å². The molecule has 0 fully saturated rings. The Bertz CT molecular complexity index is 948. The van der Waals surface area contributed by atoms with Gasteiger partial charge in [-0.15, -0.1) is 9.19 Å². The molecule has 0 spiro atoms. The quantitative estimate of drug-likeness (QED) is 0.728. The summed E-state index contributed by atoms with van der Waals surface area (Å²) in [5, 5.41) is 8.10. The van der Waals surface area contributed by atoms with Crippen LogP contribution in [0.2, 0.25) is 5.02 Å². The zero-order valence-electron chi connectivity index (χ0n) is 11.4. The molecule has 0 amide bonds. The fourth-order valence-corrected chi connectivity index (χ4v) is 3.50. The van der Waals surface area contributed by atoms with E-state index >= 15 is 0 Å². The van der Waals surface area contributed by atoms with Crippen LogP contribution in [0.25, 0.3) is 11.0 Å². The third-order valence-electron chi connectivity index (χ3n) is 3.38. The lowest BCUT2D eigenvalue weighted by Crippen LogP contribution is -2.15. The number of aromatic nitrogens is 3. The van der Waals surface area contributed by atoms with Gasteiger partial charge in [-0.05, 0) is 55.3 Å². The van der Waals surface area contributed by atoms with Crippen molar-refractivity contribution in [3.8, 4) is 0 Å². The summed E-state index contributed by atoms with van der Waals surface area (Å²) in [7, 11) is -3.77. The van der Waals surface area contributed by atoms with Crippen LogP contribution in [0.1, 0.15) is 11.1 Å². The molecule has 3 aromatic rings. The minimum absolute atomic E-state index is 0.187. The summed E-state index contributed by atoms with van der Waals surface area (Å²) in [5.74, 6) is 0. The predicted octanol–water partition coefficient (Wildman–Crippen LogP) is 2.94. The average molecular weight is 322 g/mol. The van der Waals surface area contributed by atoms with Crippen molar-refractivity contribution in [2.45, 2.75) is 18.7 Å². The van der Waals surface area contributed by atoms with Crippen LogP contribution in [-0.4, -0.2) is 22.8 Å². The van der Waals surface area contributed by atoms with Crippen molar-refractivity contribution >= 4 is 32.7 Å². The number of fused-ring (bicyclic) bond motifs is 1. The molecule has 1 aromatic heterocycles. The van der Waals surface area contributed by atoms with Gasteiger partial charge in [0.1, 0.15) is 11.0 Å². The summed E-state index contributed by atoms with van der Waals surface area (Å²) >= 11 is 5.87. The SMILES string of the molecule is Cc1ccc(S(=O)(=O)n2nnc3cc(Cl)ccc32)cc1C. The topological polar surface area (TPSA) is 64.8 Å². The van der Waals surface area contributed by atoms with Crippen LogP contribution in [0.4, 0.5) is 0 Å². The first-order chi connectivity index (χ1) is 9.89. The summed E-state index contributed by atoms with van der Waals surface area (Å²) in [6, 6.07) is 9.76. The Morgan fingerprint density at radius 1 is 1.05 bits per heavy atom. The Morgan fingerprint density at radius 3 is 2.52 bits per heavy atom. The van der Waals surface area contributed by atoms with Gasteiger partial charge in [-0.2, -0.15) is 8.42 Å². The molecule has 108 valence electrons. The molecule has 0 radical (unpaired) electrons. The van der Waals surface area contributed by atoms with Crippen molar-refractivity contribution in [1.82, 2.24) is 14.4 Å². The lowest BCUT2D eigenvalue weighted by atomic mass is 10.1. The fraction of sp³-hybridized carbons (Fsp3) is 0.143. The van der Waals surface area contributed by atoms with E-state index in [-0.39, 0.29) is 4.90 Å². The molecule has 0 saturated heterocycles. The molecule has 21 heavy (non-hydrogen) atoms. The first-order valence-corrected chi connectivity index (χ1v) is 8.05. The highest BCUT2D eigenvalue weighted by molar-refractivity contribution is 7.90. The van der Waals surface area contributed by atoms with Gasteiger partial charge in [0.05, 0.1) is 4.90 Å². The van der Waals surface area contributed by atoms with E-state index < -0.39 is 10.0 Å². The van der Waals surface area contributed by atoms with E-state index in [4.69, 9.17) is 11.6 Å². The molecule has 0 atom stereocenters. The second-order valence-corrected chi connectivity index (χ2v) is 7.02. The Hall–Kier alpha value is -1.92. The standard InChI is InChI=1S/C14H12ClN3O2S/c1-9-3-5-12(7-10(9)2)21(19,20)18-14-6-4-11(15)8-13(14)16-17-18/h3-8H,1-2H3. The molecule has 5 nitrogen and oxygen atoms in total. The highest BCUT2D eigenvalue weighted by atomic mass is 35.5. The summed E-state index contributed by atoms with van der Waals surface area (Å²) in [6.45, 7) is 3.80. The number of halogens is 1. The minimum atomic E-state index is -3.77. The van der Waals surface area contributed by atoms with Crippen molar-refractivity contribution in [2.75, 3.05) is 0 Å².